The molecule has 0 radical (unpaired) electrons. The standard InChI is InChI=1S/C4H9NOSi.C2H6N2O/c1-7(2,3)5-4-6;1-4-2(3)5/h1-3H3;1H3,(H3,3,4,5). The molecule has 0 saturated carbocycles. The normalized spacial score (nSPS) is 8.67. The Kier molecular flexibility index (Phi) is 7.37. The van der Waals surface area contributed by atoms with Gasteiger partial charge in [-0.25, -0.2) is 14.2 Å². The van der Waals surface area contributed by atoms with Crippen molar-refractivity contribution < 1.29 is 9.59 Å². The van der Waals surface area contributed by atoms with Gasteiger partial charge in [0.05, 0.1) is 0 Å². The number of hydrogen-bond donors (Lipinski definition) is 2. The Balaban J connectivity index is 0. The molecule has 0 heterocycles. The highest BCUT2D eigenvalue weighted by molar-refractivity contribution is 6.74. The van der Waals surface area contributed by atoms with Gasteiger partial charge in [-0.15, -0.1) is 0 Å². The Morgan fingerprint density at radius 3 is 1.83 bits per heavy atom. The smallest absolute Gasteiger partial charge is 0.311 e. The fourth-order valence-corrected chi connectivity index (χ4v) is 0.411. The van der Waals surface area contributed by atoms with Crippen molar-refractivity contribution in [2.75, 3.05) is 7.05 Å². The second kappa shape index (κ2) is 6.57. The summed E-state index contributed by atoms with van der Waals surface area (Å²) >= 11 is 0. The van der Waals surface area contributed by atoms with Crippen LogP contribution in [-0.2, 0) is 4.79 Å². The first-order chi connectivity index (χ1) is 5.33. The molecule has 0 aromatic carbocycles. The van der Waals surface area contributed by atoms with Crippen LogP contribution in [0.3, 0.4) is 0 Å². The highest BCUT2D eigenvalue weighted by Crippen LogP contribution is 1.98. The number of nitrogens with one attached hydrogen (secondary N) is 1. The Bertz CT molecular complexity index is 182. The largest absolute Gasteiger partial charge is 0.352 e. The number of amides is 2. The molecule has 70 valence electrons. The Morgan fingerprint density at radius 1 is 1.50 bits per heavy atom. The molecule has 6 heteroatoms. The van der Waals surface area contributed by atoms with Gasteiger partial charge >= 0.3 is 6.03 Å². The van der Waals surface area contributed by atoms with Crippen LogP contribution in [-0.4, -0.2) is 27.4 Å². The fourth-order valence-electron chi connectivity index (χ4n) is 0.137. The van der Waals surface area contributed by atoms with Gasteiger partial charge in [0.1, 0.15) is 0 Å². The van der Waals surface area contributed by atoms with Crippen LogP contribution in [0.25, 0.3) is 0 Å². The number of nitrogens with two attached hydrogens (primary N) is 1. The van der Waals surface area contributed by atoms with Crippen LogP contribution in [0, 0.1) is 0 Å². The van der Waals surface area contributed by atoms with E-state index in [0.717, 1.165) is 0 Å². The Hall–Kier alpha value is -1.13. The van der Waals surface area contributed by atoms with E-state index in [1.54, 1.807) is 6.08 Å². The minimum Gasteiger partial charge on any atom is -0.352 e. The molecule has 0 aromatic heterocycles. The molecule has 0 atom stereocenters. The molecule has 0 spiro atoms. The second-order valence-corrected chi connectivity index (χ2v) is 7.55. The van der Waals surface area contributed by atoms with Crippen LogP contribution >= 0.6 is 0 Å². The summed E-state index contributed by atoms with van der Waals surface area (Å²) in [6.45, 7) is 5.95. The van der Waals surface area contributed by atoms with Gasteiger partial charge in [0.15, 0.2) is 8.24 Å². The number of carbonyl (C=O) groups is 1. The number of primary amides is 1. The van der Waals surface area contributed by atoms with E-state index in [1.807, 2.05) is 19.6 Å². The number of urea groups is 1. The maximum Gasteiger partial charge on any atom is 0.311 e. The molecule has 0 aliphatic rings. The van der Waals surface area contributed by atoms with Gasteiger partial charge in [-0.3, -0.25) is 0 Å². The van der Waals surface area contributed by atoms with E-state index < -0.39 is 14.3 Å². The van der Waals surface area contributed by atoms with E-state index in [9.17, 15) is 9.59 Å². The lowest BCUT2D eigenvalue weighted by atomic mass is 11.1. The Morgan fingerprint density at radius 2 is 1.83 bits per heavy atom. The summed E-state index contributed by atoms with van der Waals surface area (Å²) < 4.78 is 3.59. The summed E-state index contributed by atoms with van der Waals surface area (Å²) in [6.07, 6.45) is 1.54. The van der Waals surface area contributed by atoms with Crippen LogP contribution in [0.2, 0.25) is 19.6 Å². The maximum absolute atomic E-state index is 9.56. The van der Waals surface area contributed by atoms with Gasteiger partial charge < -0.3 is 11.1 Å². The topological polar surface area (TPSA) is 84.5 Å². The van der Waals surface area contributed by atoms with Gasteiger partial charge in [-0.05, 0) is 19.6 Å². The van der Waals surface area contributed by atoms with Crippen molar-refractivity contribution in [3.05, 3.63) is 0 Å². The van der Waals surface area contributed by atoms with E-state index in [0.29, 0.717) is 0 Å². The first kappa shape index (κ1) is 13.5. The van der Waals surface area contributed by atoms with E-state index in [-0.39, 0.29) is 0 Å². The second-order valence-electron chi connectivity index (χ2n) is 2.99. The first-order valence-electron chi connectivity index (χ1n) is 3.39. The van der Waals surface area contributed by atoms with Crippen LogP contribution in [0.15, 0.2) is 4.66 Å². The molecule has 12 heavy (non-hydrogen) atoms. The third-order valence-electron chi connectivity index (χ3n) is 0.627. The van der Waals surface area contributed by atoms with Crippen LogP contribution in [0.1, 0.15) is 0 Å². The van der Waals surface area contributed by atoms with Gasteiger partial charge in [0.25, 0.3) is 0 Å². The van der Waals surface area contributed by atoms with Crippen LogP contribution < -0.4 is 11.1 Å². The number of hydrogen-bond acceptors (Lipinski definition) is 3. The van der Waals surface area contributed by atoms with E-state index in [4.69, 9.17) is 0 Å². The zero-order chi connectivity index (χ0) is 10.2. The molecule has 5 nitrogen and oxygen atoms in total. The van der Waals surface area contributed by atoms with Crippen molar-refractivity contribution in [2.24, 2.45) is 10.4 Å². The molecule has 0 saturated heterocycles. The third-order valence-corrected chi connectivity index (χ3v) is 1.39. The lowest BCUT2D eigenvalue weighted by Gasteiger charge is -2.01. The number of isocyanates is 1. The van der Waals surface area contributed by atoms with Gasteiger partial charge in [-0.1, -0.05) is 0 Å². The molecule has 0 fully saturated rings. The zero-order valence-electron chi connectivity index (χ0n) is 7.84. The molecule has 0 aliphatic carbocycles. The van der Waals surface area contributed by atoms with Crippen LogP contribution in [0.4, 0.5) is 4.79 Å². The minimum absolute atomic E-state index is 0.495. The summed E-state index contributed by atoms with van der Waals surface area (Å²) in [7, 11) is 0.0187. The van der Waals surface area contributed by atoms with Gasteiger partial charge in [0, 0.05) is 7.05 Å². The zero-order valence-corrected chi connectivity index (χ0v) is 8.84. The van der Waals surface area contributed by atoms with E-state index in [1.165, 1.54) is 7.05 Å². The van der Waals surface area contributed by atoms with Crippen molar-refractivity contribution in [1.29, 1.82) is 0 Å². The average Bonchev–Trinajstić information content (AvgIpc) is 1.86. The summed E-state index contributed by atoms with van der Waals surface area (Å²) in [4.78, 5) is 19.0. The maximum atomic E-state index is 9.56. The monoisotopic (exact) mass is 189 g/mol. The summed E-state index contributed by atoms with van der Waals surface area (Å²) in [5, 5.41) is 2.17. The lowest BCUT2D eigenvalue weighted by molar-refractivity contribution is 0.251. The molecule has 0 aliphatic heterocycles. The van der Waals surface area contributed by atoms with Crippen molar-refractivity contribution in [2.45, 2.75) is 19.6 Å². The highest BCUT2D eigenvalue weighted by Gasteiger charge is 2.09. The predicted octanol–water partition coefficient (Wildman–Crippen LogP) is 0.442. The first-order valence-corrected chi connectivity index (χ1v) is 6.84. The Labute approximate surface area is 73.1 Å². The molecule has 0 bridgehead atoms. The quantitative estimate of drug-likeness (QED) is 0.356. The summed E-state index contributed by atoms with van der Waals surface area (Å²) in [6, 6.07) is -0.495. The van der Waals surface area contributed by atoms with Gasteiger partial charge in [-0.2, -0.15) is 0 Å². The minimum atomic E-state index is -1.46. The third kappa shape index (κ3) is 23.2. The highest BCUT2D eigenvalue weighted by atomic mass is 28.3. The van der Waals surface area contributed by atoms with Crippen molar-refractivity contribution in [1.82, 2.24) is 5.32 Å². The predicted molar refractivity (Wildman–Crippen MR) is 50.1 cm³/mol. The molecule has 3 N–H and O–H groups in total. The number of rotatable bonds is 1. The van der Waals surface area contributed by atoms with Gasteiger partial charge in [0.2, 0.25) is 6.08 Å². The van der Waals surface area contributed by atoms with Crippen LogP contribution in [0.5, 0.6) is 0 Å². The SMILES string of the molecule is CNC(N)=O.C[Si](C)(C)N=C=O. The van der Waals surface area contributed by atoms with Crippen molar-refractivity contribution in [3.8, 4) is 0 Å². The average molecular weight is 189 g/mol. The van der Waals surface area contributed by atoms with E-state index >= 15 is 0 Å². The van der Waals surface area contributed by atoms with E-state index in [2.05, 4.69) is 15.7 Å². The molecule has 0 aromatic rings. The molecular formula is C6H15N3O2Si. The summed E-state index contributed by atoms with van der Waals surface area (Å²) in [5.41, 5.74) is 4.54. The molecular weight excluding hydrogens is 174 g/mol. The molecule has 0 unspecified atom stereocenters. The van der Waals surface area contributed by atoms with Crippen molar-refractivity contribution in [3.63, 3.8) is 0 Å². The number of nitrogens with zero attached hydrogens (tertiary/aromatic N) is 1. The lowest BCUT2D eigenvalue weighted by Crippen LogP contribution is -2.24. The van der Waals surface area contributed by atoms with Crippen molar-refractivity contribution >= 4 is 20.3 Å². The number of carbonyl (C=O) groups excluding carboxylic acids is 2. The summed E-state index contributed by atoms with van der Waals surface area (Å²) in [5.74, 6) is 0. The molecule has 2 amide bonds. The molecule has 0 rings (SSSR count). The fraction of sp³-hybridized carbons (Fsp3) is 0.667.